The number of carbonyl (C=O) groups excluding carboxylic acids is 1. The molecule has 1 aromatic carbocycles. The molecular weight excluding hydrogens is 288 g/mol. The quantitative estimate of drug-likeness (QED) is 0.863. The number of fused-ring (bicyclic) bond motifs is 1. The lowest BCUT2D eigenvalue weighted by atomic mass is 10.2. The molecule has 0 bridgehead atoms. The van der Waals surface area contributed by atoms with Gasteiger partial charge in [-0.05, 0) is 38.3 Å². The fourth-order valence-electron chi connectivity index (χ4n) is 2.88. The first-order valence-corrected chi connectivity index (χ1v) is 8.07. The zero-order valence-electron chi connectivity index (χ0n) is 13.7. The predicted octanol–water partition coefficient (Wildman–Crippen LogP) is 2.87. The van der Waals surface area contributed by atoms with Crippen molar-refractivity contribution < 1.29 is 4.79 Å². The number of benzene rings is 1. The molecule has 0 radical (unpaired) electrons. The van der Waals surface area contributed by atoms with Crippen molar-refractivity contribution in [2.45, 2.75) is 33.1 Å². The van der Waals surface area contributed by atoms with Gasteiger partial charge in [-0.15, -0.1) is 0 Å². The minimum Gasteiger partial charge on any atom is -0.369 e. The lowest BCUT2D eigenvalue weighted by Gasteiger charge is -2.17. The summed E-state index contributed by atoms with van der Waals surface area (Å²) in [5.41, 5.74) is 4.12. The van der Waals surface area contributed by atoms with Gasteiger partial charge < -0.3 is 10.2 Å². The summed E-state index contributed by atoms with van der Waals surface area (Å²) >= 11 is 0. The molecule has 5 heteroatoms. The van der Waals surface area contributed by atoms with Gasteiger partial charge in [0.2, 0.25) is 5.91 Å². The summed E-state index contributed by atoms with van der Waals surface area (Å²) in [6.45, 7) is 5.38. The number of carbonyl (C=O) groups is 1. The van der Waals surface area contributed by atoms with Crippen molar-refractivity contribution in [1.29, 1.82) is 0 Å². The zero-order chi connectivity index (χ0) is 16.2. The largest absolute Gasteiger partial charge is 0.369 e. The van der Waals surface area contributed by atoms with Gasteiger partial charge in [0.15, 0.2) is 0 Å². The van der Waals surface area contributed by atoms with E-state index >= 15 is 0 Å². The van der Waals surface area contributed by atoms with E-state index in [-0.39, 0.29) is 5.91 Å². The van der Waals surface area contributed by atoms with Crippen LogP contribution >= 0.6 is 0 Å². The Hall–Kier alpha value is -2.43. The monoisotopic (exact) mass is 310 g/mol. The van der Waals surface area contributed by atoms with Crippen molar-refractivity contribution in [3.8, 4) is 0 Å². The highest BCUT2D eigenvalue weighted by Gasteiger charge is 2.23. The van der Waals surface area contributed by atoms with Crippen LogP contribution in [0, 0.1) is 13.8 Å². The number of hydrogen-bond acceptors (Lipinski definition) is 4. The highest BCUT2D eigenvalue weighted by atomic mass is 16.2. The molecule has 1 aromatic heterocycles. The summed E-state index contributed by atoms with van der Waals surface area (Å²) in [6.07, 6.45) is 4.04. The van der Waals surface area contributed by atoms with Crippen LogP contribution in [0.25, 0.3) is 0 Å². The number of nitrogens with one attached hydrogen (secondary N) is 1. The van der Waals surface area contributed by atoms with Crippen molar-refractivity contribution in [2.24, 2.45) is 0 Å². The number of aryl methyl sites for hydroxylation is 2. The van der Waals surface area contributed by atoms with Gasteiger partial charge >= 0.3 is 0 Å². The van der Waals surface area contributed by atoms with Crippen LogP contribution in [0.5, 0.6) is 0 Å². The Morgan fingerprint density at radius 2 is 2.13 bits per heavy atom. The molecule has 120 valence electrons. The van der Waals surface area contributed by atoms with Gasteiger partial charge in [-0.25, -0.2) is 4.98 Å². The number of para-hydroxylation sites is 1. The molecule has 0 aliphatic carbocycles. The third-order valence-corrected chi connectivity index (χ3v) is 4.12. The normalized spacial score (nSPS) is 13.0. The molecule has 0 unspecified atom stereocenters. The molecule has 2 heterocycles. The average Bonchev–Trinajstić information content (AvgIpc) is 2.98. The molecule has 0 atom stereocenters. The zero-order valence-corrected chi connectivity index (χ0v) is 13.7. The van der Waals surface area contributed by atoms with Gasteiger partial charge in [-0.2, -0.15) is 0 Å². The van der Waals surface area contributed by atoms with Crippen LogP contribution in [-0.4, -0.2) is 29.0 Å². The fourth-order valence-corrected chi connectivity index (χ4v) is 2.88. The standard InChI is InChI=1S/C18H22N4O/c1-13-12-20-14(2)18(21-13)19-10-5-8-17(23)22-11-9-15-6-3-4-7-16(15)22/h3-4,6-7,12H,5,8-11H2,1-2H3,(H,19,21). The Morgan fingerprint density at radius 1 is 1.30 bits per heavy atom. The van der Waals surface area contributed by atoms with Crippen molar-refractivity contribution in [3.05, 3.63) is 47.4 Å². The Morgan fingerprint density at radius 3 is 3.00 bits per heavy atom. The molecule has 3 rings (SSSR count). The van der Waals surface area contributed by atoms with Gasteiger partial charge in [-0.1, -0.05) is 18.2 Å². The molecule has 23 heavy (non-hydrogen) atoms. The Labute approximate surface area is 136 Å². The van der Waals surface area contributed by atoms with Gasteiger partial charge in [0, 0.05) is 31.4 Å². The summed E-state index contributed by atoms with van der Waals surface area (Å²) in [4.78, 5) is 23.0. The maximum Gasteiger partial charge on any atom is 0.227 e. The Bertz CT molecular complexity index is 714. The van der Waals surface area contributed by atoms with E-state index in [4.69, 9.17) is 0 Å². The maximum absolute atomic E-state index is 12.4. The Balaban J connectivity index is 1.50. The summed E-state index contributed by atoms with van der Waals surface area (Å²) in [5, 5.41) is 3.27. The van der Waals surface area contributed by atoms with Crippen LogP contribution in [0.2, 0.25) is 0 Å². The second-order valence-corrected chi connectivity index (χ2v) is 5.90. The molecule has 2 aromatic rings. The Kier molecular flexibility index (Phi) is 4.55. The predicted molar refractivity (Wildman–Crippen MR) is 91.7 cm³/mol. The summed E-state index contributed by atoms with van der Waals surface area (Å²) < 4.78 is 0. The van der Waals surface area contributed by atoms with Gasteiger partial charge in [0.25, 0.3) is 0 Å². The molecule has 1 aliphatic rings. The third kappa shape index (κ3) is 3.50. The van der Waals surface area contributed by atoms with E-state index in [2.05, 4.69) is 21.4 Å². The first-order chi connectivity index (χ1) is 11.1. The van der Waals surface area contributed by atoms with Gasteiger partial charge in [0.05, 0.1) is 11.4 Å². The molecule has 0 fully saturated rings. The average molecular weight is 310 g/mol. The van der Waals surface area contributed by atoms with E-state index in [1.165, 1.54) is 5.56 Å². The molecule has 1 N–H and O–H groups in total. The second kappa shape index (κ2) is 6.77. The molecule has 0 saturated carbocycles. The van der Waals surface area contributed by atoms with Crippen LogP contribution in [0.15, 0.2) is 30.5 Å². The molecule has 0 saturated heterocycles. The maximum atomic E-state index is 12.4. The first kappa shape index (κ1) is 15.5. The number of hydrogen-bond donors (Lipinski definition) is 1. The van der Waals surface area contributed by atoms with E-state index in [1.807, 2.05) is 36.9 Å². The fraction of sp³-hybridized carbons (Fsp3) is 0.389. The lowest BCUT2D eigenvalue weighted by molar-refractivity contribution is -0.118. The molecule has 1 aliphatic heterocycles. The van der Waals surface area contributed by atoms with Crippen molar-refractivity contribution in [1.82, 2.24) is 9.97 Å². The highest BCUT2D eigenvalue weighted by Crippen LogP contribution is 2.28. The van der Waals surface area contributed by atoms with Gasteiger partial charge in [0.1, 0.15) is 5.82 Å². The number of anilines is 2. The first-order valence-electron chi connectivity index (χ1n) is 8.07. The van der Waals surface area contributed by atoms with Crippen LogP contribution in [0.1, 0.15) is 29.8 Å². The summed E-state index contributed by atoms with van der Waals surface area (Å²) in [5.74, 6) is 1.01. The van der Waals surface area contributed by atoms with Crippen LogP contribution in [0.3, 0.4) is 0 Å². The van der Waals surface area contributed by atoms with E-state index in [0.29, 0.717) is 6.42 Å². The topological polar surface area (TPSA) is 58.1 Å². The van der Waals surface area contributed by atoms with E-state index < -0.39 is 0 Å². The van der Waals surface area contributed by atoms with Crippen LogP contribution < -0.4 is 10.2 Å². The smallest absolute Gasteiger partial charge is 0.227 e. The minimum absolute atomic E-state index is 0.198. The summed E-state index contributed by atoms with van der Waals surface area (Å²) in [7, 11) is 0. The number of amides is 1. The van der Waals surface area contributed by atoms with Gasteiger partial charge in [-0.3, -0.25) is 9.78 Å². The number of nitrogens with zero attached hydrogens (tertiary/aromatic N) is 3. The van der Waals surface area contributed by atoms with E-state index in [9.17, 15) is 4.79 Å². The lowest BCUT2D eigenvalue weighted by Crippen LogP contribution is -2.29. The minimum atomic E-state index is 0.198. The summed E-state index contributed by atoms with van der Waals surface area (Å²) in [6, 6.07) is 8.15. The second-order valence-electron chi connectivity index (χ2n) is 5.90. The molecule has 1 amide bonds. The van der Waals surface area contributed by atoms with Crippen molar-refractivity contribution >= 4 is 17.4 Å². The molecule has 0 spiro atoms. The number of aromatic nitrogens is 2. The highest BCUT2D eigenvalue weighted by molar-refractivity contribution is 5.95. The van der Waals surface area contributed by atoms with Crippen LogP contribution in [-0.2, 0) is 11.2 Å². The third-order valence-electron chi connectivity index (χ3n) is 4.12. The molecule has 5 nitrogen and oxygen atoms in total. The van der Waals surface area contributed by atoms with Crippen molar-refractivity contribution in [3.63, 3.8) is 0 Å². The van der Waals surface area contributed by atoms with Crippen molar-refractivity contribution in [2.75, 3.05) is 23.3 Å². The van der Waals surface area contributed by atoms with E-state index in [0.717, 1.165) is 48.8 Å². The SMILES string of the molecule is Cc1cnc(C)c(NCCCC(=O)N2CCc3ccccc32)n1. The van der Waals surface area contributed by atoms with Crippen LogP contribution in [0.4, 0.5) is 11.5 Å². The molecular formula is C18H22N4O. The number of rotatable bonds is 5. The van der Waals surface area contributed by atoms with E-state index in [1.54, 1.807) is 6.20 Å².